The molecule has 0 saturated heterocycles. The van der Waals surface area contributed by atoms with E-state index in [0.717, 1.165) is 17.0 Å². The van der Waals surface area contributed by atoms with Crippen molar-refractivity contribution in [1.29, 1.82) is 0 Å². The van der Waals surface area contributed by atoms with Crippen LogP contribution >= 0.6 is 33.9 Å². The van der Waals surface area contributed by atoms with Crippen molar-refractivity contribution in [1.82, 2.24) is 5.32 Å². The zero-order valence-electron chi connectivity index (χ0n) is 10.3. The molecule has 96 valence electrons. The summed E-state index contributed by atoms with van der Waals surface area (Å²) in [5.74, 6) is -0.150. The lowest BCUT2D eigenvalue weighted by atomic mass is 10.2. The molecule has 2 aromatic rings. The number of hydrogen-bond acceptors (Lipinski definition) is 2. The minimum absolute atomic E-state index is 0.150. The minimum Gasteiger partial charge on any atom is -0.310 e. The largest absolute Gasteiger partial charge is 0.310 e. The molecule has 0 spiro atoms. The summed E-state index contributed by atoms with van der Waals surface area (Å²) in [5, 5.41) is 3.39. The third-order valence-corrected chi connectivity index (χ3v) is 4.78. The normalized spacial score (nSPS) is 11.2. The molecule has 1 heterocycles. The van der Waals surface area contributed by atoms with Crippen LogP contribution < -0.4 is 5.32 Å². The first-order chi connectivity index (χ1) is 8.58. The lowest BCUT2D eigenvalue weighted by Gasteiger charge is -2.05. The summed E-state index contributed by atoms with van der Waals surface area (Å²) in [6, 6.07) is 9.88. The van der Waals surface area contributed by atoms with E-state index in [1.165, 1.54) is 10.9 Å². The molecule has 0 amide bonds. The Morgan fingerprint density at radius 3 is 2.78 bits per heavy atom. The highest BCUT2D eigenvalue weighted by Gasteiger charge is 2.09. The topological polar surface area (TPSA) is 12.0 Å². The Labute approximate surface area is 125 Å². The van der Waals surface area contributed by atoms with Gasteiger partial charge in [0.25, 0.3) is 0 Å². The van der Waals surface area contributed by atoms with Crippen LogP contribution in [0.15, 0.2) is 30.3 Å². The Morgan fingerprint density at radius 1 is 1.28 bits per heavy atom. The van der Waals surface area contributed by atoms with Crippen molar-refractivity contribution in [2.24, 2.45) is 0 Å². The van der Waals surface area contributed by atoms with Crippen LogP contribution in [0.25, 0.3) is 10.4 Å². The molecule has 1 aromatic carbocycles. The van der Waals surface area contributed by atoms with Gasteiger partial charge in [0.2, 0.25) is 0 Å². The van der Waals surface area contributed by atoms with Gasteiger partial charge in [0.1, 0.15) is 5.82 Å². The molecule has 0 atom stereocenters. The van der Waals surface area contributed by atoms with E-state index in [0.29, 0.717) is 9.61 Å². The van der Waals surface area contributed by atoms with Gasteiger partial charge in [0.05, 0.1) is 3.57 Å². The second-order valence-corrected chi connectivity index (χ2v) is 6.65. The van der Waals surface area contributed by atoms with Crippen LogP contribution in [-0.2, 0) is 6.54 Å². The van der Waals surface area contributed by atoms with Crippen LogP contribution in [0.5, 0.6) is 0 Å². The van der Waals surface area contributed by atoms with Crippen molar-refractivity contribution in [3.05, 3.63) is 44.6 Å². The average Bonchev–Trinajstić information content (AvgIpc) is 2.78. The second kappa shape index (κ2) is 6.12. The zero-order chi connectivity index (χ0) is 13.1. The summed E-state index contributed by atoms with van der Waals surface area (Å²) < 4.78 is 14.2. The van der Waals surface area contributed by atoms with E-state index in [4.69, 9.17) is 0 Å². The molecule has 4 heteroatoms. The quantitative estimate of drug-likeness (QED) is 0.767. The van der Waals surface area contributed by atoms with Crippen molar-refractivity contribution < 1.29 is 4.39 Å². The van der Waals surface area contributed by atoms with E-state index in [1.807, 2.05) is 6.07 Å². The summed E-state index contributed by atoms with van der Waals surface area (Å²) >= 11 is 3.78. The van der Waals surface area contributed by atoms with Gasteiger partial charge in [-0.1, -0.05) is 26.0 Å². The zero-order valence-corrected chi connectivity index (χ0v) is 13.3. The summed E-state index contributed by atoms with van der Waals surface area (Å²) in [6.45, 7) is 5.13. The van der Waals surface area contributed by atoms with Gasteiger partial charge in [-0.05, 0) is 40.8 Å². The van der Waals surface area contributed by atoms with E-state index in [-0.39, 0.29) is 5.82 Å². The van der Waals surface area contributed by atoms with E-state index in [1.54, 1.807) is 17.4 Å². The second-order valence-electron chi connectivity index (χ2n) is 4.40. The molecule has 0 unspecified atom stereocenters. The van der Waals surface area contributed by atoms with Crippen LogP contribution in [0.4, 0.5) is 4.39 Å². The Morgan fingerprint density at radius 2 is 2.06 bits per heavy atom. The van der Waals surface area contributed by atoms with Crippen LogP contribution in [0.1, 0.15) is 18.7 Å². The average molecular weight is 375 g/mol. The summed E-state index contributed by atoms with van der Waals surface area (Å²) in [6.07, 6.45) is 0. The van der Waals surface area contributed by atoms with Crippen LogP contribution in [0.3, 0.4) is 0 Å². The lowest BCUT2D eigenvalue weighted by Crippen LogP contribution is -2.21. The molecule has 0 aliphatic carbocycles. The minimum atomic E-state index is -0.150. The molecule has 0 bridgehead atoms. The van der Waals surface area contributed by atoms with Gasteiger partial charge in [-0.15, -0.1) is 11.3 Å². The van der Waals surface area contributed by atoms with Gasteiger partial charge >= 0.3 is 0 Å². The highest BCUT2D eigenvalue weighted by Crippen LogP contribution is 2.32. The highest BCUT2D eigenvalue weighted by molar-refractivity contribution is 14.1. The number of benzene rings is 1. The third-order valence-electron chi connectivity index (χ3n) is 2.56. The Balaban J connectivity index is 2.21. The van der Waals surface area contributed by atoms with Gasteiger partial charge < -0.3 is 5.32 Å². The summed E-state index contributed by atoms with van der Waals surface area (Å²) in [7, 11) is 0. The van der Waals surface area contributed by atoms with Crippen molar-refractivity contribution in [2.45, 2.75) is 26.4 Å². The smallest absolute Gasteiger partial charge is 0.137 e. The molecule has 0 aliphatic rings. The van der Waals surface area contributed by atoms with Gasteiger partial charge in [0, 0.05) is 27.9 Å². The number of nitrogens with one attached hydrogen (secondary N) is 1. The van der Waals surface area contributed by atoms with Gasteiger partial charge in [-0.25, -0.2) is 4.39 Å². The first kappa shape index (κ1) is 14.0. The van der Waals surface area contributed by atoms with E-state index in [2.05, 4.69) is 53.9 Å². The van der Waals surface area contributed by atoms with E-state index < -0.39 is 0 Å². The summed E-state index contributed by atoms with van der Waals surface area (Å²) in [5.41, 5.74) is 0.983. The Kier molecular flexibility index (Phi) is 4.75. The highest BCUT2D eigenvalue weighted by atomic mass is 127. The van der Waals surface area contributed by atoms with Gasteiger partial charge in [-0.2, -0.15) is 0 Å². The first-order valence-corrected chi connectivity index (χ1v) is 7.74. The standard InChI is InChI=1S/C14H15FINS/c1-9(2)17-8-10-6-7-13(18-10)11-4-3-5-12(15)14(11)16/h3-7,9,17H,8H2,1-2H3. The lowest BCUT2D eigenvalue weighted by molar-refractivity contribution is 0.593. The molecule has 1 aromatic heterocycles. The van der Waals surface area contributed by atoms with Crippen molar-refractivity contribution in [3.63, 3.8) is 0 Å². The fourth-order valence-electron chi connectivity index (χ4n) is 1.62. The number of halogens is 2. The van der Waals surface area contributed by atoms with Crippen LogP contribution in [0.2, 0.25) is 0 Å². The maximum absolute atomic E-state index is 13.5. The van der Waals surface area contributed by atoms with Crippen molar-refractivity contribution in [2.75, 3.05) is 0 Å². The van der Waals surface area contributed by atoms with Crippen LogP contribution in [-0.4, -0.2) is 6.04 Å². The SMILES string of the molecule is CC(C)NCc1ccc(-c2cccc(F)c2I)s1. The number of thiophene rings is 1. The monoisotopic (exact) mass is 375 g/mol. The summed E-state index contributed by atoms with van der Waals surface area (Å²) in [4.78, 5) is 2.40. The Bertz CT molecular complexity index is 536. The van der Waals surface area contributed by atoms with Crippen molar-refractivity contribution >= 4 is 33.9 Å². The fourth-order valence-corrected chi connectivity index (χ4v) is 3.44. The molecule has 0 radical (unpaired) electrons. The molecule has 18 heavy (non-hydrogen) atoms. The first-order valence-electron chi connectivity index (χ1n) is 5.84. The number of hydrogen-bond donors (Lipinski definition) is 1. The number of rotatable bonds is 4. The molecular formula is C14H15FINS. The van der Waals surface area contributed by atoms with Gasteiger partial charge in [0.15, 0.2) is 0 Å². The predicted molar refractivity (Wildman–Crippen MR) is 84.4 cm³/mol. The maximum Gasteiger partial charge on any atom is 0.137 e. The van der Waals surface area contributed by atoms with Crippen molar-refractivity contribution in [3.8, 4) is 10.4 Å². The van der Waals surface area contributed by atoms with Crippen LogP contribution in [0, 0.1) is 9.39 Å². The molecule has 1 nitrogen and oxygen atoms in total. The molecular weight excluding hydrogens is 360 g/mol. The maximum atomic E-state index is 13.5. The third kappa shape index (κ3) is 3.30. The van der Waals surface area contributed by atoms with E-state index in [9.17, 15) is 4.39 Å². The Hall–Kier alpha value is -0.460. The molecule has 0 aliphatic heterocycles. The molecule has 0 fully saturated rings. The predicted octanol–water partition coefficient (Wildman–Crippen LogP) is 4.66. The fraction of sp³-hybridized carbons (Fsp3) is 0.286. The molecule has 2 rings (SSSR count). The van der Waals surface area contributed by atoms with E-state index >= 15 is 0 Å². The van der Waals surface area contributed by atoms with Gasteiger partial charge in [-0.3, -0.25) is 0 Å². The molecule has 1 N–H and O–H groups in total. The molecule has 0 saturated carbocycles.